The maximum atomic E-state index is 11.7. The fourth-order valence-electron chi connectivity index (χ4n) is 5.17. The molecule has 0 spiro atoms. The highest BCUT2D eigenvalue weighted by Gasteiger charge is 2.26. The minimum atomic E-state index is -0.434. The molecule has 4 unspecified atom stereocenters. The standard InChI is InChI=1S/C26H34N4O7/c1-17-11-27(12-18(2)36-17)23-5-7-25(29(31)32)21(9-23)15-35-16-22-10-24(6-8-26(22)30(33)34)28-13-19(3)37-20(4)14-28/h5-10,17-20H,11-16H2,1-4H3. The lowest BCUT2D eigenvalue weighted by Gasteiger charge is -2.37. The molecular formula is C26H34N4O7. The van der Waals surface area contributed by atoms with E-state index in [1.54, 1.807) is 24.3 Å². The quantitative estimate of drug-likeness (QED) is 0.372. The van der Waals surface area contributed by atoms with Gasteiger partial charge in [0.1, 0.15) is 0 Å². The van der Waals surface area contributed by atoms with Crippen molar-refractivity contribution in [1.82, 2.24) is 0 Å². The third kappa shape index (κ3) is 6.54. The van der Waals surface area contributed by atoms with Crippen LogP contribution in [0.15, 0.2) is 36.4 Å². The average Bonchev–Trinajstić information content (AvgIpc) is 2.82. The molecule has 4 rings (SSSR count). The molecule has 0 radical (unpaired) electrons. The lowest BCUT2D eigenvalue weighted by Crippen LogP contribution is -2.45. The Morgan fingerprint density at radius 2 is 1.08 bits per heavy atom. The Morgan fingerprint density at radius 1 is 0.730 bits per heavy atom. The van der Waals surface area contributed by atoms with Crippen LogP contribution in [-0.2, 0) is 27.4 Å². The first-order valence-corrected chi connectivity index (χ1v) is 12.5. The molecule has 2 aromatic carbocycles. The number of hydrogen-bond acceptors (Lipinski definition) is 9. The zero-order valence-corrected chi connectivity index (χ0v) is 21.7. The number of hydrogen-bond donors (Lipinski definition) is 0. The van der Waals surface area contributed by atoms with E-state index >= 15 is 0 Å². The number of nitro benzene ring substituents is 2. The molecule has 200 valence electrons. The van der Waals surface area contributed by atoms with E-state index in [9.17, 15) is 20.2 Å². The molecule has 0 N–H and O–H groups in total. The van der Waals surface area contributed by atoms with E-state index in [1.165, 1.54) is 12.1 Å². The highest BCUT2D eigenvalue weighted by Crippen LogP contribution is 2.30. The molecule has 11 heteroatoms. The summed E-state index contributed by atoms with van der Waals surface area (Å²) < 4.78 is 17.5. The summed E-state index contributed by atoms with van der Waals surface area (Å²) in [4.78, 5) is 26.8. The third-order valence-corrected chi connectivity index (χ3v) is 6.60. The molecule has 2 aromatic rings. The molecule has 0 saturated carbocycles. The Bertz CT molecular complexity index is 1040. The second-order valence-corrected chi connectivity index (χ2v) is 9.96. The molecule has 0 aromatic heterocycles. The maximum absolute atomic E-state index is 11.7. The molecule has 2 fully saturated rings. The third-order valence-electron chi connectivity index (χ3n) is 6.60. The monoisotopic (exact) mass is 514 g/mol. The van der Waals surface area contributed by atoms with Crippen molar-refractivity contribution in [3.05, 3.63) is 67.8 Å². The predicted molar refractivity (Wildman–Crippen MR) is 139 cm³/mol. The highest BCUT2D eigenvalue weighted by molar-refractivity contribution is 5.57. The van der Waals surface area contributed by atoms with Gasteiger partial charge in [0, 0.05) is 49.7 Å². The van der Waals surface area contributed by atoms with Crippen molar-refractivity contribution >= 4 is 22.7 Å². The number of ether oxygens (including phenoxy) is 3. The normalized spacial score (nSPS) is 24.2. The zero-order valence-electron chi connectivity index (χ0n) is 21.7. The van der Waals surface area contributed by atoms with Crippen LogP contribution in [0.4, 0.5) is 22.7 Å². The van der Waals surface area contributed by atoms with Crippen molar-refractivity contribution in [2.24, 2.45) is 0 Å². The molecule has 4 atom stereocenters. The van der Waals surface area contributed by atoms with Crippen molar-refractivity contribution in [1.29, 1.82) is 0 Å². The van der Waals surface area contributed by atoms with E-state index in [1.807, 2.05) is 27.7 Å². The highest BCUT2D eigenvalue weighted by atomic mass is 16.6. The van der Waals surface area contributed by atoms with Gasteiger partial charge >= 0.3 is 0 Å². The van der Waals surface area contributed by atoms with Gasteiger partial charge in [-0.1, -0.05) is 0 Å². The minimum absolute atomic E-state index is 0.0438. The average molecular weight is 515 g/mol. The molecule has 37 heavy (non-hydrogen) atoms. The van der Waals surface area contributed by atoms with Gasteiger partial charge in [0.2, 0.25) is 0 Å². The number of nitrogens with zero attached hydrogens (tertiary/aromatic N) is 4. The molecule has 2 heterocycles. The number of benzene rings is 2. The predicted octanol–water partition coefficient (Wildman–Crippen LogP) is 4.45. The summed E-state index contributed by atoms with van der Waals surface area (Å²) >= 11 is 0. The largest absolute Gasteiger partial charge is 0.372 e. The maximum Gasteiger partial charge on any atom is 0.275 e. The van der Waals surface area contributed by atoms with Crippen LogP contribution in [-0.4, -0.2) is 60.4 Å². The van der Waals surface area contributed by atoms with Gasteiger partial charge in [-0.15, -0.1) is 0 Å². The fraction of sp³-hybridized carbons (Fsp3) is 0.538. The number of rotatable bonds is 8. The van der Waals surface area contributed by atoms with E-state index in [0.29, 0.717) is 37.3 Å². The smallest absolute Gasteiger partial charge is 0.275 e. The molecule has 11 nitrogen and oxygen atoms in total. The Kier molecular flexibility index (Phi) is 8.25. The minimum Gasteiger partial charge on any atom is -0.372 e. The van der Waals surface area contributed by atoms with Crippen molar-refractivity contribution in [2.75, 3.05) is 36.0 Å². The van der Waals surface area contributed by atoms with Gasteiger partial charge in [-0.3, -0.25) is 20.2 Å². The Balaban J connectivity index is 1.52. The summed E-state index contributed by atoms with van der Waals surface area (Å²) in [7, 11) is 0. The van der Waals surface area contributed by atoms with Crippen LogP contribution in [0, 0.1) is 20.2 Å². The number of morpholine rings is 2. The Morgan fingerprint density at radius 3 is 1.41 bits per heavy atom. The molecule has 0 amide bonds. The second-order valence-electron chi connectivity index (χ2n) is 9.96. The zero-order chi connectivity index (χ0) is 26.7. The summed E-state index contributed by atoms with van der Waals surface area (Å²) in [6.07, 6.45) is 0.181. The fourth-order valence-corrected chi connectivity index (χ4v) is 5.17. The first-order chi connectivity index (χ1) is 17.6. The van der Waals surface area contributed by atoms with Crippen LogP contribution in [0.3, 0.4) is 0 Å². The first kappa shape index (κ1) is 26.8. The first-order valence-electron chi connectivity index (χ1n) is 12.5. The van der Waals surface area contributed by atoms with Crippen LogP contribution >= 0.6 is 0 Å². The van der Waals surface area contributed by atoms with Crippen LogP contribution in [0.5, 0.6) is 0 Å². The van der Waals surface area contributed by atoms with E-state index in [2.05, 4.69) is 9.80 Å². The molecule has 2 aliphatic heterocycles. The summed E-state index contributed by atoms with van der Waals surface area (Å²) in [5.41, 5.74) is 2.47. The van der Waals surface area contributed by atoms with Crippen LogP contribution < -0.4 is 9.80 Å². The molecule has 2 aliphatic rings. The summed E-state index contributed by atoms with van der Waals surface area (Å²) in [5, 5.41) is 23.3. The van der Waals surface area contributed by atoms with Gasteiger partial charge in [0.15, 0.2) is 0 Å². The van der Waals surface area contributed by atoms with Gasteiger partial charge in [0.05, 0.1) is 58.6 Å². The SMILES string of the molecule is CC1CN(c2ccc([N+](=O)[O-])c(COCc3cc(N4CC(C)OC(C)C4)ccc3[N+](=O)[O-])c2)CC(C)O1. The molecular weight excluding hydrogens is 480 g/mol. The lowest BCUT2D eigenvalue weighted by atomic mass is 10.1. The van der Waals surface area contributed by atoms with Crippen molar-refractivity contribution in [3.63, 3.8) is 0 Å². The molecule has 2 saturated heterocycles. The number of anilines is 2. The molecule has 0 bridgehead atoms. The topological polar surface area (TPSA) is 120 Å². The van der Waals surface area contributed by atoms with Crippen LogP contribution in [0.1, 0.15) is 38.8 Å². The summed E-state index contributed by atoms with van der Waals surface area (Å²) in [6.45, 7) is 10.6. The summed E-state index contributed by atoms with van der Waals surface area (Å²) in [5.74, 6) is 0. The van der Waals surface area contributed by atoms with Gasteiger partial charge in [-0.25, -0.2) is 0 Å². The van der Waals surface area contributed by atoms with Gasteiger partial charge < -0.3 is 24.0 Å². The molecule has 0 aliphatic carbocycles. The van der Waals surface area contributed by atoms with Crippen molar-refractivity contribution in [2.45, 2.75) is 65.3 Å². The van der Waals surface area contributed by atoms with Gasteiger partial charge in [0.25, 0.3) is 11.4 Å². The summed E-state index contributed by atoms with van der Waals surface area (Å²) in [6, 6.07) is 10.00. The Hall–Kier alpha value is -3.28. The van der Waals surface area contributed by atoms with Crippen molar-refractivity contribution in [3.8, 4) is 0 Å². The van der Waals surface area contributed by atoms with E-state index in [4.69, 9.17) is 14.2 Å². The van der Waals surface area contributed by atoms with Gasteiger partial charge in [-0.2, -0.15) is 0 Å². The van der Waals surface area contributed by atoms with Crippen LogP contribution in [0.25, 0.3) is 0 Å². The second kappa shape index (κ2) is 11.4. The Labute approximate surface area is 216 Å². The van der Waals surface area contributed by atoms with E-state index in [-0.39, 0.29) is 49.0 Å². The van der Waals surface area contributed by atoms with Crippen LogP contribution in [0.2, 0.25) is 0 Å². The number of nitro groups is 2. The van der Waals surface area contributed by atoms with Crippen molar-refractivity contribution < 1.29 is 24.1 Å². The van der Waals surface area contributed by atoms with Gasteiger partial charge in [-0.05, 0) is 52.0 Å². The van der Waals surface area contributed by atoms with E-state index in [0.717, 1.165) is 11.4 Å². The van der Waals surface area contributed by atoms with E-state index < -0.39 is 9.85 Å². The lowest BCUT2D eigenvalue weighted by molar-refractivity contribution is -0.386.